The number of hydrogen-bond acceptors (Lipinski definition) is 4. The van der Waals surface area contributed by atoms with Gasteiger partial charge in [-0.1, -0.05) is 36.0 Å². The van der Waals surface area contributed by atoms with Crippen LogP contribution in [0.2, 0.25) is 0 Å². The van der Waals surface area contributed by atoms with E-state index in [0.29, 0.717) is 22.7 Å². The Morgan fingerprint density at radius 2 is 1.74 bits per heavy atom. The van der Waals surface area contributed by atoms with Gasteiger partial charge in [0.1, 0.15) is 5.82 Å². The zero-order valence-electron chi connectivity index (χ0n) is 16.6. The summed E-state index contributed by atoms with van der Waals surface area (Å²) in [5, 5.41) is 6.24. The van der Waals surface area contributed by atoms with Gasteiger partial charge in [-0.05, 0) is 55.0 Å². The van der Waals surface area contributed by atoms with Gasteiger partial charge in [-0.2, -0.15) is 0 Å². The molecule has 1 aromatic heterocycles. The highest BCUT2D eigenvalue weighted by Gasteiger charge is 2.08. The summed E-state index contributed by atoms with van der Waals surface area (Å²) in [6.45, 7) is 1.48. The number of amides is 2. The number of urea groups is 1. The molecule has 6 nitrogen and oxygen atoms in total. The highest BCUT2D eigenvalue weighted by Crippen LogP contribution is 2.25. The van der Waals surface area contributed by atoms with E-state index in [4.69, 9.17) is 0 Å². The van der Waals surface area contributed by atoms with Crippen LogP contribution in [-0.2, 0) is 5.75 Å². The molecule has 0 spiro atoms. The molecule has 2 amide bonds. The number of Topliss-reactive ketones (excluding diaryl/α,β-unsaturated/α-hetero) is 1. The van der Waals surface area contributed by atoms with Gasteiger partial charge < -0.3 is 15.6 Å². The maximum absolute atomic E-state index is 13.0. The Bertz CT molecular complexity index is 1250. The molecule has 156 valence electrons. The fourth-order valence-corrected chi connectivity index (χ4v) is 3.81. The Hall–Kier alpha value is -3.65. The van der Waals surface area contributed by atoms with Gasteiger partial charge in [0.15, 0.2) is 10.9 Å². The molecule has 0 saturated carbocycles. The van der Waals surface area contributed by atoms with E-state index in [-0.39, 0.29) is 11.6 Å². The average Bonchev–Trinajstić information content (AvgIpc) is 3.15. The van der Waals surface area contributed by atoms with E-state index < -0.39 is 6.03 Å². The minimum Gasteiger partial charge on any atom is -0.333 e. The summed E-state index contributed by atoms with van der Waals surface area (Å²) >= 11 is 1.51. The van der Waals surface area contributed by atoms with Crippen LogP contribution in [-0.4, -0.2) is 21.8 Å². The van der Waals surface area contributed by atoms with Crippen molar-refractivity contribution in [3.63, 3.8) is 0 Å². The third kappa shape index (κ3) is 5.29. The lowest BCUT2D eigenvalue weighted by Crippen LogP contribution is -2.19. The number of ketones is 1. The number of benzene rings is 3. The number of imidazole rings is 1. The van der Waals surface area contributed by atoms with E-state index in [1.165, 1.54) is 30.8 Å². The Morgan fingerprint density at radius 1 is 1.00 bits per heavy atom. The van der Waals surface area contributed by atoms with Crippen molar-refractivity contribution in [2.45, 2.75) is 17.8 Å². The van der Waals surface area contributed by atoms with Crippen molar-refractivity contribution in [3.05, 3.63) is 83.7 Å². The topological polar surface area (TPSA) is 86.9 Å². The van der Waals surface area contributed by atoms with Crippen molar-refractivity contribution in [1.82, 2.24) is 9.97 Å². The van der Waals surface area contributed by atoms with E-state index in [0.717, 1.165) is 21.8 Å². The molecule has 0 aliphatic rings. The third-order valence-electron chi connectivity index (χ3n) is 4.53. The number of carbonyl (C=O) groups excluding carboxylic acids is 2. The molecule has 3 N–H and O–H groups in total. The predicted molar refractivity (Wildman–Crippen MR) is 121 cm³/mol. The van der Waals surface area contributed by atoms with Gasteiger partial charge >= 0.3 is 6.03 Å². The molecule has 0 radical (unpaired) electrons. The lowest BCUT2D eigenvalue weighted by Gasteiger charge is -2.08. The van der Waals surface area contributed by atoms with Gasteiger partial charge in [0.05, 0.1) is 11.0 Å². The van der Waals surface area contributed by atoms with Crippen LogP contribution >= 0.6 is 11.8 Å². The summed E-state index contributed by atoms with van der Waals surface area (Å²) in [6, 6.07) is 18.1. The van der Waals surface area contributed by atoms with Crippen LogP contribution < -0.4 is 10.6 Å². The van der Waals surface area contributed by atoms with Crippen molar-refractivity contribution in [3.8, 4) is 0 Å². The third-order valence-corrected chi connectivity index (χ3v) is 5.48. The monoisotopic (exact) mass is 434 g/mol. The second-order valence-electron chi connectivity index (χ2n) is 6.91. The maximum Gasteiger partial charge on any atom is 0.323 e. The first-order chi connectivity index (χ1) is 15.0. The average molecular weight is 434 g/mol. The first kappa shape index (κ1) is 20.6. The molecule has 4 rings (SSSR count). The Balaban J connectivity index is 1.40. The number of H-pyrrole nitrogens is 1. The molecule has 0 unspecified atom stereocenters. The number of nitrogens with one attached hydrogen (secondary N) is 3. The number of hydrogen-bond donors (Lipinski definition) is 3. The number of fused-ring (bicyclic) bond motifs is 1. The van der Waals surface area contributed by atoms with Crippen LogP contribution in [0.15, 0.2) is 71.9 Å². The molecule has 31 heavy (non-hydrogen) atoms. The SMILES string of the molecule is CC(=O)c1cccc(NC(=O)Nc2ccc3nc(SCc4ccc(F)cc4)[nH]c3c2)c1. The number of nitrogens with zero attached hydrogens (tertiary/aromatic N) is 1. The van der Waals surface area contributed by atoms with Gasteiger partial charge in [0.25, 0.3) is 0 Å². The van der Waals surface area contributed by atoms with Crippen molar-refractivity contribution in [2.24, 2.45) is 0 Å². The van der Waals surface area contributed by atoms with Crippen LogP contribution in [0, 0.1) is 5.82 Å². The molecule has 1 heterocycles. The summed E-state index contributed by atoms with van der Waals surface area (Å²) in [7, 11) is 0. The number of rotatable bonds is 6. The highest BCUT2D eigenvalue weighted by molar-refractivity contribution is 7.98. The standard InChI is InChI=1S/C23H19FN4O2S/c1-14(29)16-3-2-4-18(11-16)25-22(30)26-19-9-10-20-21(12-19)28-23(27-20)31-13-15-5-7-17(24)8-6-15/h2-12H,13H2,1H3,(H,27,28)(H2,25,26,30). The number of aromatic nitrogens is 2. The van der Waals surface area contributed by atoms with Crippen molar-refractivity contribution < 1.29 is 14.0 Å². The quantitative estimate of drug-likeness (QED) is 0.263. The van der Waals surface area contributed by atoms with Gasteiger partial charge in [-0.15, -0.1) is 0 Å². The zero-order chi connectivity index (χ0) is 21.8. The van der Waals surface area contributed by atoms with Gasteiger partial charge in [0.2, 0.25) is 0 Å². The number of carbonyl (C=O) groups is 2. The smallest absolute Gasteiger partial charge is 0.323 e. The molecule has 0 aliphatic carbocycles. The maximum atomic E-state index is 13.0. The van der Waals surface area contributed by atoms with Crippen molar-refractivity contribution in [1.29, 1.82) is 0 Å². The van der Waals surface area contributed by atoms with E-state index in [1.807, 2.05) is 6.07 Å². The molecule has 0 saturated heterocycles. The van der Waals surface area contributed by atoms with Crippen LogP contribution in [0.5, 0.6) is 0 Å². The highest BCUT2D eigenvalue weighted by atomic mass is 32.2. The Morgan fingerprint density at radius 3 is 2.48 bits per heavy atom. The molecule has 0 aliphatic heterocycles. The largest absolute Gasteiger partial charge is 0.333 e. The summed E-state index contributed by atoms with van der Waals surface area (Å²) in [6.07, 6.45) is 0. The fraction of sp³-hybridized carbons (Fsp3) is 0.0870. The number of anilines is 2. The van der Waals surface area contributed by atoms with Crippen molar-refractivity contribution in [2.75, 3.05) is 10.6 Å². The van der Waals surface area contributed by atoms with Crippen LogP contribution in [0.4, 0.5) is 20.6 Å². The summed E-state index contributed by atoms with van der Waals surface area (Å²) in [4.78, 5) is 31.6. The van der Waals surface area contributed by atoms with Crippen LogP contribution in [0.3, 0.4) is 0 Å². The van der Waals surface area contributed by atoms with Crippen LogP contribution in [0.25, 0.3) is 11.0 Å². The normalized spacial score (nSPS) is 10.8. The van der Waals surface area contributed by atoms with E-state index >= 15 is 0 Å². The van der Waals surface area contributed by atoms with E-state index in [9.17, 15) is 14.0 Å². The Kier molecular flexibility index (Phi) is 5.99. The first-order valence-corrected chi connectivity index (χ1v) is 10.5. The minimum atomic E-state index is -0.412. The molecular weight excluding hydrogens is 415 g/mol. The molecule has 0 atom stereocenters. The molecule has 3 aromatic carbocycles. The second-order valence-corrected chi connectivity index (χ2v) is 7.87. The number of aromatic amines is 1. The summed E-state index contributed by atoms with van der Waals surface area (Å²) in [5.41, 5.74) is 4.24. The molecule has 0 fully saturated rings. The van der Waals surface area contributed by atoms with Crippen molar-refractivity contribution >= 4 is 46.0 Å². The van der Waals surface area contributed by atoms with Gasteiger partial charge in [0, 0.05) is 22.7 Å². The van der Waals surface area contributed by atoms with Gasteiger partial charge in [-0.25, -0.2) is 14.2 Å². The minimum absolute atomic E-state index is 0.0677. The number of halogens is 1. The van der Waals surface area contributed by atoms with E-state index in [2.05, 4.69) is 20.6 Å². The number of thioether (sulfide) groups is 1. The second kappa shape index (κ2) is 9.01. The predicted octanol–water partition coefficient (Wildman–Crippen LogP) is 5.84. The lowest BCUT2D eigenvalue weighted by atomic mass is 10.1. The van der Waals surface area contributed by atoms with Gasteiger partial charge in [-0.3, -0.25) is 4.79 Å². The summed E-state index contributed by atoms with van der Waals surface area (Å²) < 4.78 is 13.0. The fourth-order valence-electron chi connectivity index (χ4n) is 2.97. The summed E-state index contributed by atoms with van der Waals surface area (Å²) in [5.74, 6) is 0.336. The van der Waals surface area contributed by atoms with E-state index in [1.54, 1.807) is 48.5 Å². The Labute approximate surface area is 182 Å². The molecule has 4 aromatic rings. The first-order valence-electron chi connectivity index (χ1n) is 9.52. The van der Waals surface area contributed by atoms with Crippen LogP contribution in [0.1, 0.15) is 22.8 Å². The molecular formula is C23H19FN4O2S. The lowest BCUT2D eigenvalue weighted by molar-refractivity contribution is 0.101. The molecule has 0 bridgehead atoms. The zero-order valence-corrected chi connectivity index (χ0v) is 17.4. The molecule has 8 heteroatoms.